The first-order valence-corrected chi connectivity index (χ1v) is 8.67. The summed E-state index contributed by atoms with van der Waals surface area (Å²) >= 11 is 0. The standard InChI is InChI=1S/C13H19N5O3S/c1-21-11-4-5-13-12(7-11)16-17-18(13)10-3-2-9(6-10)8-15-22(14,19)20/h4-5,7,9-10,15H,2-3,6,8H2,1H3,(H2,14,19,20). The Kier molecular flexibility index (Phi) is 4.02. The van der Waals surface area contributed by atoms with Crippen molar-refractivity contribution in [3.8, 4) is 5.75 Å². The van der Waals surface area contributed by atoms with Crippen LogP contribution in [0.2, 0.25) is 0 Å². The maximum Gasteiger partial charge on any atom is 0.274 e. The van der Waals surface area contributed by atoms with E-state index in [0.29, 0.717) is 6.54 Å². The number of fused-ring (bicyclic) bond motifs is 1. The fourth-order valence-corrected chi connectivity index (χ4v) is 3.48. The van der Waals surface area contributed by atoms with Crippen molar-refractivity contribution >= 4 is 21.2 Å². The molecule has 0 amide bonds. The van der Waals surface area contributed by atoms with E-state index in [1.165, 1.54) is 0 Å². The largest absolute Gasteiger partial charge is 0.497 e. The lowest BCUT2D eigenvalue weighted by atomic mass is 10.1. The number of nitrogens with two attached hydrogens (primary N) is 1. The minimum Gasteiger partial charge on any atom is -0.497 e. The number of rotatable bonds is 5. The SMILES string of the molecule is COc1ccc2c(c1)nnn2C1CCC(CNS(N)(=O)=O)C1. The van der Waals surface area contributed by atoms with Crippen LogP contribution < -0.4 is 14.6 Å². The summed E-state index contributed by atoms with van der Waals surface area (Å²) < 4.78 is 31.4. The van der Waals surface area contributed by atoms with Crippen LogP contribution in [0.1, 0.15) is 25.3 Å². The third-order valence-corrected chi connectivity index (χ3v) is 4.68. The molecule has 120 valence electrons. The van der Waals surface area contributed by atoms with Gasteiger partial charge >= 0.3 is 0 Å². The molecule has 2 atom stereocenters. The lowest BCUT2D eigenvalue weighted by Crippen LogP contribution is -2.34. The van der Waals surface area contributed by atoms with Crippen molar-refractivity contribution in [3.05, 3.63) is 18.2 Å². The van der Waals surface area contributed by atoms with Crippen molar-refractivity contribution in [1.29, 1.82) is 0 Å². The molecule has 1 aliphatic rings. The van der Waals surface area contributed by atoms with Crippen LogP contribution in [0.4, 0.5) is 0 Å². The summed E-state index contributed by atoms with van der Waals surface area (Å²) in [5.74, 6) is 1.02. The summed E-state index contributed by atoms with van der Waals surface area (Å²) in [7, 11) is -2.01. The minimum absolute atomic E-state index is 0.227. The van der Waals surface area contributed by atoms with Crippen LogP contribution in [0.15, 0.2) is 18.2 Å². The quantitative estimate of drug-likeness (QED) is 0.835. The minimum atomic E-state index is -3.62. The fourth-order valence-electron chi connectivity index (χ4n) is 3.01. The maximum atomic E-state index is 11.0. The van der Waals surface area contributed by atoms with Gasteiger partial charge in [0.05, 0.1) is 18.7 Å². The number of nitrogens with one attached hydrogen (secondary N) is 1. The van der Waals surface area contributed by atoms with Crippen LogP contribution >= 0.6 is 0 Å². The van der Waals surface area contributed by atoms with E-state index < -0.39 is 10.2 Å². The molecular formula is C13H19N5O3S. The van der Waals surface area contributed by atoms with Gasteiger partial charge in [-0.2, -0.15) is 8.42 Å². The molecule has 2 aromatic rings. The molecule has 1 aromatic carbocycles. The Morgan fingerprint density at radius 3 is 3.00 bits per heavy atom. The van der Waals surface area contributed by atoms with Gasteiger partial charge in [-0.15, -0.1) is 5.10 Å². The van der Waals surface area contributed by atoms with Gasteiger partial charge in [0.2, 0.25) is 0 Å². The molecule has 1 fully saturated rings. The highest BCUT2D eigenvalue weighted by molar-refractivity contribution is 7.87. The fraction of sp³-hybridized carbons (Fsp3) is 0.538. The van der Waals surface area contributed by atoms with E-state index in [4.69, 9.17) is 9.88 Å². The summed E-state index contributed by atoms with van der Waals surface area (Å²) in [6.45, 7) is 0.371. The van der Waals surface area contributed by atoms with Crippen LogP contribution in [0.25, 0.3) is 11.0 Å². The summed E-state index contributed by atoms with van der Waals surface area (Å²) in [6, 6.07) is 5.92. The van der Waals surface area contributed by atoms with Crippen LogP contribution in [-0.2, 0) is 10.2 Å². The van der Waals surface area contributed by atoms with Gasteiger partial charge in [0.15, 0.2) is 0 Å². The Balaban J connectivity index is 1.73. The van der Waals surface area contributed by atoms with Crippen LogP contribution in [0, 0.1) is 5.92 Å². The molecule has 3 rings (SSSR count). The van der Waals surface area contributed by atoms with Crippen molar-refractivity contribution < 1.29 is 13.2 Å². The zero-order valence-corrected chi connectivity index (χ0v) is 13.1. The van der Waals surface area contributed by atoms with Crippen molar-refractivity contribution in [3.63, 3.8) is 0 Å². The predicted molar refractivity (Wildman–Crippen MR) is 81.6 cm³/mol. The molecule has 0 bridgehead atoms. The first-order valence-electron chi connectivity index (χ1n) is 7.12. The third kappa shape index (κ3) is 3.21. The van der Waals surface area contributed by atoms with Gasteiger partial charge in [-0.05, 0) is 37.3 Å². The summed E-state index contributed by atoms with van der Waals surface area (Å²) in [5, 5.41) is 13.4. The molecule has 3 N–H and O–H groups in total. The van der Waals surface area contributed by atoms with E-state index in [9.17, 15) is 8.42 Å². The molecule has 1 heterocycles. The smallest absolute Gasteiger partial charge is 0.274 e. The number of hydrogen-bond acceptors (Lipinski definition) is 5. The van der Waals surface area contributed by atoms with Gasteiger partial charge in [0, 0.05) is 12.6 Å². The third-order valence-electron chi connectivity index (χ3n) is 4.11. The molecule has 1 aromatic heterocycles. The van der Waals surface area contributed by atoms with E-state index >= 15 is 0 Å². The molecule has 2 unspecified atom stereocenters. The Bertz CT molecular complexity index is 773. The predicted octanol–water partition coefficient (Wildman–Crippen LogP) is 0.574. The Hall–Kier alpha value is -1.71. The van der Waals surface area contributed by atoms with Gasteiger partial charge in [0.1, 0.15) is 11.3 Å². The molecule has 0 aliphatic heterocycles. The molecule has 0 radical (unpaired) electrons. The lowest BCUT2D eigenvalue weighted by Gasteiger charge is -2.12. The normalized spacial score (nSPS) is 22.3. The van der Waals surface area contributed by atoms with E-state index in [-0.39, 0.29) is 12.0 Å². The molecule has 0 saturated heterocycles. The Morgan fingerprint density at radius 2 is 2.27 bits per heavy atom. The van der Waals surface area contributed by atoms with Gasteiger partial charge in [-0.25, -0.2) is 14.5 Å². The Labute approximate surface area is 128 Å². The van der Waals surface area contributed by atoms with Gasteiger partial charge in [0.25, 0.3) is 10.2 Å². The van der Waals surface area contributed by atoms with Crippen molar-refractivity contribution in [1.82, 2.24) is 19.7 Å². The van der Waals surface area contributed by atoms with E-state index in [2.05, 4.69) is 15.0 Å². The monoisotopic (exact) mass is 325 g/mol. The van der Waals surface area contributed by atoms with Crippen molar-refractivity contribution in [2.24, 2.45) is 11.1 Å². The molecule has 9 heteroatoms. The number of benzene rings is 1. The number of aromatic nitrogens is 3. The second-order valence-corrected chi connectivity index (χ2v) is 6.99. The second kappa shape index (κ2) is 5.82. The van der Waals surface area contributed by atoms with Crippen molar-refractivity contribution in [2.75, 3.05) is 13.7 Å². The highest BCUT2D eigenvalue weighted by Gasteiger charge is 2.28. The number of nitrogens with zero attached hydrogens (tertiary/aromatic N) is 3. The summed E-state index contributed by atoms with van der Waals surface area (Å²) in [4.78, 5) is 0. The van der Waals surface area contributed by atoms with Crippen LogP contribution in [-0.4, -0.2) is 37.1 Å². The first kappa shape index (κ1) is 15.2. The molecule has 8 nitrogen and oxygen atoms in total. The molecule has 1 saturated carbocycles. The second-order valence-electron chi connectivity index (χ2n) is 5.62. The number of ether oxygens (including phenoxy) is 1. The average Bonchev–Trinajstić information content (AvgIpc) is 3.09. The summed E-state index contributed by atoms with van der Waals surface area (Å²) in [5.41, 5.74) is 1.76. The van der Waals surface area contributed by atoms with Gasteiger partial charge < -0.3 is 4.74 Å². The molecule has 1 aliphatic carbocycles. The average molecular weight is 325 g/mol. The van der Waals surface area contributed by atoms with Crippen molar-refractivity contribution in [2.45, 2.75) is 25.3 Å². The number of methoxy groups -OCH3 is 1. The lowest BCUT2D eigenvalue weighted by molar-refractivity contribution is 0.415. The Morgan fingerprint density at radius 1 is 1.45 bits per heavy atom. The van der Waals surface area contributed by atoms with E-state index in [0.717, 1.165) is 36.0 Å². The van der Waals surface area contributed by atoms with Crippen LogP contribution in [0.3, 0.4) is 0 Å². The first-order chi connectivity index (χ1) is 10.5. The van der Waals surface area contributed by atoms with E-state index in [1.54, 1.807) is 7.11 Å². The van der Waals surface area contributed by atoms with Crippen LogP contribution in [0.5, 0.6) is 5.75 Å². The molecular weight excluding hydrogens is 306 g/mol. The summed E-state index contributed by atoms with van der Waals surface area (Å²) in [6.07, 6.45) is 2.74. The zero-order chi connectivity index (χ0) is 15.7. The molecule has 22 heavy (non-hydrogen) atoms. The topological polar surface area (TPSA) is 112 Å². The number of hydrogen-bond donors (Lipinski definition) is 2. The highest BCUT2D eigenvalue weighted by Crippen LogP contribution is 2.35. The van der Waals surface area contributed by atoms with E-state index in [1.807, 2.05) is 22.9 Å². The highest BCUT2D eigenvalue weighted by atomic mass is 32.2. The molecule has 0 spiro atoms. The van der Waals surface area contributed by atoms with Gasteiger partial charge in [-0.3, -0.25) is 0 Å². The zero-order valence-electron chi connectivity index (χ0n) is 12.3. The maximum absolute atomic E-state index is 11.0. The van der Waals surface area contributed by atoms with Gasteiger partial charge in [-0.1, -0.05) is 5.21 Å².